The van der Waals surface area contributed by atoms with Gasteiger partial charge in [0.25, 0.3) is 0 Å². The van der Waals surface area contributed by atoms with Crippen LogP contribution in [0.1, 0.15) is 51.7 Å². The first-order chi connectivity index (χ1) is 18.0. The highest BCUT2D eigenvalue weighted by atomic mass is 16.5. The topological polar surface area (TPSA) is 133 Å². The van der Waals surface area contributed by atoms with Crippen molar-refractivity contribution in [1.82, 2.24) is 5.32 Å². The first kappa shape index (κ1) is 29.1. The quantitative estimate of drug-likeness (QED) is 0.435. The predicted molar refractivity (Wildman–Crippen MR) is 144 cm³/mol. The summed E-state index contributed by atoms with van der Waals surface area (Å²) in [5, 5.41) is 33.1. The molecule has 2 aliphatic rings. The largest absolute Gasteiger partial charge is 0.508 e. The number of ketones is 1. The van der Waals surface area contributed by atoms with Crippen molar-refractivity contribution in [3.8, 4) is 5.75 Å². The molecule has 0 spiro atoms. The highest BCUT2D eigenvalue weighted by Gasteiger charge is 2.36. The van der Waals surface area contributed by atoms with E-state index in [9.17, 15) is 29.7 Å². The van der Waals surface area contributed by atoms with Crippen molar-refractivity contribution >= 4 is 23.2 Å². The van der Waals surface area contributed by atoms with Gasteiger partial charge in [0.15, 0.2) is 11.9 Å². The number of rotatable bonds is 5. The fraction of sp³-hybridized carbons (Fsp3) is 0.433. The van der Waals surface area contributed by atoms with E-state index in [-0.39, 0.29) is 36.2 Å². The molecule has 1 heterocycles. The lowest BCUT2D eigenvalue weighted by Gasteiger charge is -2.30. The standard InChI is InChI=1S/C30H37NO7/c1-6-7-21-18(4)11-24-26(15-38-30(37)29(24)36)28(35)19(5)17(3)10-23(21)25(13-31-27(34)14-32)22-12-20(33)9-8-16(22)2/h7-9,11-12,17,19,29,32-33,36H,6,10,13-15H2,1-5H3,(H,31,34)/b18-11+,21-7+,25-23-. The van der Waals surface area contributed by atoms with Crippen molar-refractivity contribution in [2.45, 2.75) is 53.6 Å². The van der Waals surface area contributed by atoms with Crippen LogP contribution in [0.5, 0.6) is 5.75 Å². The summed E-state index contributed by atoms with van der Waals surface area (Å²) in [6.07, 6.45) is 3.32. The molecule has 1 aromatic rings. The summed E-state index contributed by atoms with van der Waals surface area (Å²) in [6.45, 7) is 8.81. The van der Waals surface area contributed by atoms with E-state index in [0.29, 0.717) is 18.4 Å². The van der Waals surface area contributed by atoms with Gasteiger partial charge >= 0.3 is 5.97 Å². The van der Waals surface area contributed by atoms with E-state index in [0.717, 1.165) is 33.4 Å². The number of Topliss-reactive ketones (excluding diaryl/α,β-unsaturated/α-hetero) is 1. The van der Waals surface area contributed by atoms with Crippen LogP contribution < -0.4 is 5.32 Å². The van der Waals surface area contributed by atoms with Gasteiger partial charge in [-0.05, 0) is 78.2 Å². The molecule has 1 aliphatic heterocycles. The van der Waals surface area contributed by atoms with Crippen molar-refractivity contribution in [2.24, 2.45) is 11.8 Å². The monoisotopic (exact) mass is 523 g/mol. The van der Waals surface area contributed by atoms with Gasteiger partial charge in [-0.2, -0.15) is 0 Å². The van der Waals surface area contributed by atoms with E-state index in [2.05, 4.69) is 5.32 Å². The van der Waals surface area contributed by atoms with E-state index < -0.39 is 30.5 Å². The number of hydrogen-bond acceptors (Lipinski definition) is 7. The number of esters is 1. The first-order valence-electron chi connectivity index (χ1n) is 12.9. The van der Waals surface area contributed by atoms with Crippen molar-refractivity contribution < 1.29 is 34.4 Å². The second-order valence-corrected chi connectivity index (χ2v) is 10.0. The van der Waals surface area contributed by atoms with Crippen LogP contribution in [0.15, 0.2) is 58.2 Å². The van der Waals surface area contributed by atoms with Gasteiger partial charge in [-0.15, -0.1) is 0 Å². The summed E-state index contributed by atoms with van der Waals surface area (Å²) in [4.78, 5) is 37.8. The van der Waals surface area contributed by atoms with Gasteiger partial charge in [-0.25, -0.2) is 4.79 Å². The maximum atomic E-state index is 13.5. The fourth-order valence-electron chi connectivity index (χ4n) is 4.98. The third-order valence-electron chi connectivity index (χ3n) is 7.36. The Labute approximate surface area is 223 Å². The summed E-state index contributed by atoms with van der Waals surface area (Å²) in [7, 11) is 0. The molecule has 38 heavy (non-hydrogen) atoms. The third-order valence-corrected chi connectivity index (χ3v) is 7.36. The molecule has 8 heteroatoms. The molecule has 1 aliphatic carbocycles. The maximum absolute atomic E-state index is 13.5. The summed E-state index contributed by atoms with van der Waals surface area (Å²) < 4.78 is 5.09. The molecule has 1 amide bonds. The lowest BCUT2D eigenvalue weighted by atomic mass is 9.76. The number of aryl methyl sites for hydroxylation is 1. The Morgan fingerprint density at radius 3 is 2.58 bits per heavy atom. The van der Waals surface area contributed by atoms with Crippen LogP contribution in [0.2, 0.25) is 0 Å². The molecular formula is C30H37NO7. The zero-order valence-corrected chi connectivity index (χ0v) is 22.6. The number of hydrogen-bond donors (Lipinski definition) is 4. The summed E-state index contributed by atoms with van der Waals surface area (Å²) >= 11 is 0. The number of ether oxygens (including phenoxy) is 1. The van der Waals surface area contributed by atoms with Crippen molar-refractivity contribution in [3.05, 3.63) is 69.3 Å². The highest BCUT2D eigenvalue weighted by Crippen LogP contribution is 2.39. The second-order valence-electron chi connectivity index (χ2n) is 10.0. The van der Waals surface area contributed by atoms with Crippen LogP contribution in [0.4, 0.5) is 0 Å². The van der Waals surface area contributed by atoms with E-state index in [4.69, 9.17) is 4.74 Å². The van der Waals surface area contributed by atoms with Crippen LogP contribution in [0, 0.1) is 18.8 Å². The summed E-state index contributed by atoms with van der Waals surface area (Å²) in [5.74, 6) is -2.06. The predicted octanol–water partition coefficient (Wildman–Crippen LogP) is 3.30. The Kier molecular flexibility index (Phi) is 9.46. The Bertz CT molecular complexity index is 1250. The van der Waals surface area contributed by atoms with Gasteiger partial charge in [-0.1, -0.05) is 39.0 Å². The Morgan fingerprint density at radius 2 is 1.92 bits per heavy atom. The number of aliphatic hydroxyl groups excluding tert-OH is 2. The van der Waals surface area contributed by atoms with Gasteiger partial charge in [0.05, 0.1) is 0 Å². The van der Waals surface area contributed by atoms with E-state index in [1.165, 1.54) is 0 Å². The van der Waals surface area contributed by atoms with Crippen LogP contribution >= 0.6 is 0 Å². The minimum atomic E-state index is -1.56. The average molecular weight is 524 g/mol. The number of phenolic OH excluding ortho intramolecular Hbond substituents is 1. The van der Waals surface area contributed by atoms with Gasteiger partial charge in [0.1, 0.15) is 19.0 Å². The van der Waals surface area contributed by atoms with Crippen LogP contribution in [-0.4, -0.2) is 58.8 Å². The molecular weight excluding hydrogens is 486 g/mol. The molecule has 0 radical (unpaired) electrons. The van der Waals surface area contributed by atoms with Gasteiger partial charge in [-0.3, -0.25) is 9.59 Å². The van der Waals surface area contributed by atoms with Crippen LogP contribution in [-0.2, 0) is 19.1 Å². The van der Waals surface area contributed by atoms with Crippen molar-refractivity contribution in [2.75, 3.05) is 19.8 Å². The second kappa shape index (κ2) is 12.4. The number of benzene rings is 1. The summed E-state index contributed by atoms with van der Waals surface area (Å²) in [5.41, 5.74) is 5.38. The number of nitrogens with one attached hydrogen (secondary N) is 1. The van der Waals surface area contributed by atoms with Crippen LogP contribution in [0.25, 0.3) is 5.57 Å². The lowest BCUT2D eigenvalue weighted by molar-refractivity contribution is -0.152. The smallest absolute Gasteiger partial charge is 0.340 e. The third kappa shape index (κ3) is 6.14. The molecule has 0 fully saturated rings. The Morgan fingerprint density at radius 1 is 1.21 bits per heavy atom. The molecule has 4 N–H and O–H groups in total. The SMILES string of the molecule is CC/C=C1C(\C)=C\C2=C(COC(=O)C2O)C(=O)C(C)C(C)CC\1=C(/CNC(=O)CO)c1cc(O)ccc1C. The number of phenols is 1. The number of aliphatic hydroxyl groups is 2. The van der Waals surface area contributed by atoms with Crippen LogP contribution in [0.3, 0.4) is 0 Å². The molecule has 204 valence electrons. The molecule has 3 rings (SSSR count). The number of allylic oxidation sites excluding steroid dienone is 4. The number of cyclic esters (lactones) is 1. The van der Waals surface area contributed by atoms with Gasteiger partial charge in [0.2, 0.25) is 5.91 Å². The fourth-order valence-corrected chi connectivity index (χ4v) is 4.98. The van der Waals surface area contributed by atoms with Gasteiger partial charge in [0, 0.05) is 23.6 Å². The average Bonchev–Trinajstić information content (AvgIpc) is 2.89. The molecule has 1 aromatic carbocycles. The zero-order chi connectivity index (χ0) is 28.1. The normalized spacial score (nSPS) is 26.3. The number of aromatic hydroxyl groups is 1. The molecule has 3 unspecified atom stereocenters. The molecule has 0 saturated carbocycles. The van der Waals surface area contributed by atoms with E-state index in [1.54, 1.807) is 24.3 Å². The Balaban J connectivity index is 2.38. The lowest BCUT2D eigenvalue weighted by Crippen LogP contribution is -2.36. The number of carbonyl (C=O) groups is 3. The maximum Gasteiger partial charge on any atom is 0.340 e. The minimum absolute atomic E-state index is 0.0700. The van der Waals surface area contributed by atoms with Crippen molar-refractivity contribution in [1.29, 1.82) is 0 Å². The van der Waals surface area contributed by atoms with E-state index in [1.807, 2.05) is 40.7 Å². The highest BCUT2D eigenvalue weighted by molar-refractivity contribution is 6.01. The zero-order valence-electron chi connectivity index (χ0n) is 22.6. The Hall–Kier alpha value is -3.49. The minimum Gasteiger partial charge on any atom is -0.508 e. The molecule has 0 aromatic heterocycles. The first-order valence-corrected chi connectivity index (χ1v) is 12.9. The van der Waals surface area contributed by atoms with Crippen molar-refractivity contribution in [3.63, 3.8) is 0 Å². The number of carbonyl (C=O) groups excluding carboxylic acids is 3. The molecule has 8 nitrogen and oxygen atoms in total. The molecule has 0 bridgehead atoms. The summed E-state index contributed by atoms with van der Waals surface area (Å²) in [6, 6.07) is 5.03. The number of amides is 1. The molecule has 0 saturated heterocycles. The van der Waals surface area contributed by atoms with Gasteiger partial charge < -0.3 is 25.4 Å². The van der Waals surface area contributed by atoms with E-state index >= 15 is 0 Å². The molecule has 3 atom stereocenters.